The van der Waals surface area contributed by atoms with Gasteiger partial charge in [0.25, 0.3) is 0 Å². The van der Waals surface area contributed by atoms with Gasteiger partial charge >= 0.3 is 5.97 Å². The van der Waals surface area contributed by atoms with Crippen molar-refractivity contribution in [2.45, 2.75) is 50.9 Å². The number of hydrogen-bond acceptors (Lipinski definition) is 6. The van der Waals surface area contributed by atoms with Crippen LogP contribution in [0, 0.1) is 11.8 Å². The maximum Gasteiger partial charge on any atom is 0.326 e. The molecular weight excluding hydrogens is 368 g/mol. The molecule has 0 saturated carbocycles. The predicted octanol–water partition coefficient (Wildman–Crippen LogP) is 1.38. The quantitative estimate of drug-likeness (QED) is 0.380. The van der Waals surface area contributed by atoms with E-state index in [4.69, 9.17) is 5.73 Å². The number of carboxylic acid groups (broad SMARTS) is 1. The molecule has 4 atom stereocenters. The highest BCUT2D eigenvalue weighted by Crippen LogP contribution is 2.17. The molecule has 0 fully saturated rings. The first-order valence-corrected chi connectivity index (χ1v) is 9.32. The molecule has 7 nitrogen and oxygen atoms in total. The molecule has 1 rings (SSSR count). The van der Waals surface area contributed by atoms with Crippen molar-refractivity contribution in [3.63, 3.8) is 0 Å². The fourth-order valence-electron chi connectivity index (χ4n) is 2.53. The Hall–Kier alpha value is -2.06. The van der Waals surface area contributed by atoms with Crippen molar-refractivity contribution in [1.29, 1.82) is 0 Å². The Morgan fingerprint density at radius 3 is 2.19 bits per heavy atom. The van der Waals surface area contributed by atoms with Gasteiger partial charge in [-0.2, -0.15) is 12.6 Å². The first-order chi connectivity index (χ1) is 12.5. The van der Waals surface area contributed by atoms with Crippen molar-refractivity contribution >= 4 is 30.3 Å². The predicted molar refractivity (Wildman–Crippen MR) is 106 cm³/mol. The zero-order chi connectivity index (χ0) is 20.7. The van der Waals surface area contributed by atoms with Crippen LogP contribution in [0.25, 0.3) is 0 Å². The standard InChI is InChI=1S/C19H28N2O5S/c1-10(2)17(27)15(23)8-11(3)16(20)18(24)21-14(19(25)26)9-12-4-6-13(22)7-5-12/h4-7,10-11,14,16-17,22,27H,8-9,20H2,1-3H3,(H,21,24)(H,25,26)/t11?,14-,16?,17?/m0/s1. The maximum atomic E-state index is 12.4. The van der Waals surface area contributed by atoms with E-state index in [-0.39, 0.29) is 30.3 Å². The molecule has 150 valence electrons. The number of benzene rings is 1. The average Bonchev–Trinajstić information content (AvgIpc) is 2.60. The van der Waals surface area contributed by atoms with Gasteiger partial charge in [-0.15, -0.1) is 0 Å². The molecule has 1 aromatic rings. The lowest BCUT2D eigenvalue weighted by atomic mass is 9.92. The summed E-state index contributed by atoms with van der Waals surface area (Å²) in [6.45, 7) is 5.44. The SMILES string of the molecule is CC(C)C(S)C(=O)CC(C)C(N)C(=O)N[C@@H](Cc1ccc(O)cc1)C(=O)O. The molecule has 0 aliphatic carbocycles. The third kappa shape index (κ3) is 7.22. The third-order valence-corrected chi connectivity index (χ3v) is 5.28. The van der Waals surface area contributed by atoms with Crippen LogP contribution in [-0.4, -0.2) is 45.2 Å². The van der Waals surface area contributed by atoms with Crippen LogP contribution in [0.15, 0.2) is 24.3 Å². The van der Waals surface area contributed by atoms with Crippen LogP contribution in [0.1, 0.15) is 32.8 Å². The van der Waals surface area contributed by atoms with E-state index < -0.39 is 35.1 Å². The van der Waals surface area contributed by atoms with Crippen molar-refractivity contribution in [2.75, 3.05) is 0 Å². The number of phenols is 1. The maximum absolute atomic E-state index is 12.4. The Morgan fingerprint density at radius 1 is 1.15 bits per heavy atom. The highest BCUT2D eigenvalue weighted by atomic mass is 32.1. The summed E-state index contributed by atoms with van der Waals surface area (Å²) in [7, 11) is 0. The Balaban J connectivity index is 2.70. The summed E-state index contributed by atoms with van der Waals surface area (Å²) in [5, 5.41) is 20.7. The second kappa shape index (κ2) is 10.3. The van der Waals surface area contributed by atoms with Gasteiger partial charge in [-0.05, 0) is 29.5 Å². The molecule has 0 aliphatic rings. The molecule has 8 heteroatoms. The van der Waals surface area contributed by atoms with Gasteiger partial charge in [0.2, 0.25) is 5.91 Å². The number of ketones is 1. The van der Waals surface area contributed by atoms with Crippen molar-refractivity contribution in [3.8, 4) is 5.75 Å². The lowest BCUT2D eigenvalue weighted by Gasteiger charge is -2.23. The molecular formula is C19H28N2O5S. The molecule has 0 heterocycles. The van der Waals surface area contributed by atoms with Gasteiger partial charge in [0.1, 0.15) is 17.6 Å². The monoisotopic (exact) mass is 396 g/mol. The Morgan fingerprint density at radius 2 is 1.70 bits per heavy atom. The summed E-state index contributed by atoms with van der Waals surface area (Å²) < 4.78 is 0. The first-order valence-electron chi connectivity index (χ1n) is 8.80. The van der Waals surface area contributed by atoms with Gasteiger partial charge in [-0.1, -0.05) is 32.9 Å². The van der Waals surface area contributed by atoms with Crippen molar-refractivity contribution < 1.29 is 24.6 Å². The molecule has 27 heavy (non-hydrogen) atoms. The fourth-order valence-corrected chi connectivity index (χ4v) is 2.64. The van der Waals surface area contributed by atoms with E-state index in [0.717, 1.165) is 0 Å². The minimum absolute atomic E-state index is 0.0491. The van der Waals surface area contributed by atoms with Gasteiger partial charge in [-0.25, -0.2) is 4.79 Å². The molecule has 0 saturated heterocycles. The molecule has 0 aromatic heterocycles. The number of carbonyl (C=O) groups is 3. The topological polar surface area (TPSA) is 130 Å². The summed E-state index contributed by atoms with van der Waals surface area (Å²) in [4.78, 5) is 36.0. The van der Waals surface area contributed by atoms with Gasteiger partial charge < -0.3 is 21.3 Å². The number of aromatic hydroxyl groups is 1. The summed E-state index contributed by atoms with van der Waals surface area (Å²) in [6, 6.07) is 3.87. The molecule has 0 spiro atoms. The highest BCUT2D eigenvalue weighted by molar-refractivity contribution is 7.81. The first kappa shape index (κ1) is 23.0. The van der Waals surface area contributed by atoms with Crippen LogP contribution >= 0.6 is 12.6 Å². The molecule has 5 N–H and O–H groups in total. The van der Waals surface area contributed by atoms with Crippen molar-refractivity contribution in [2.24, 2.45) is 17.6 Å². The molecule has 0 bridgehead atoms. The Bertz CT molecular complexity index is 663. The second-order valence-electron chi connectivity index (χ2n) is 7.13. The van der Waals surface area contributed by atoms with Gasteiger partial charge in [0.15, 0.2) is 0 Å². The van der Waals surface area contributed by atoms with Crippen molar-refractivity contribution in [1.82, 2.24) is 5.32 Å². The number of Topliss-reactive ketones (excluding diaryl/α,β-unsaturated/α-hetero) is 1. The van der Waals surface area contributed by atoms with E-state index in [1.807, 2.05) is 13.8 Å². The van der Waals surface area contributed by atoms with Crippen LogP contribution < -0.4 is 11.1 Å². The smallest absolute Gasteiger partial charge is 0.326 e. The highest BCUT2D eigenvalue weighted by Gasteiger charge is 2.29. The Labute approximate surface area is 164 Å². The number of thiol groups is 1. The van der Waals surface area contributed by atoms with Crippen LogP contribution in [0.3, 0.4) is 0 Å². The molecule has 3 unspecified atom stereocenters. The second-order valence-corrected chi connectivity index (χ2v) is 7.69. The van der Waals surface area contributed by atoms with Crippen LogP contribution in [0.2, 0.25) is 0 Å². The number of phenolic OH excluding ortho intramolecular Hbond substituents is 1. The van der Waals surface area contributed by atoms with E-state index in [9.17, 15) is 24.6 Å². The van der Waals surface area contributed by atoms with E-state index in [1.54, 1.807) is 19.1 Å². The lowest BCUT2D eigenvalue weighted by molar-refractivity contribution is -0.142. The zero-order valence-corrected chi connectivity index (χ0v) is 16.6. The number of carbonyl (C=O) groups excluding carboxylic acids is 2. The van der Waals surface area contributed by atoms with E-state index in [0.29, 0.717) is 5.56 Å². The molecule has 0 aliphatic heterocycles. The van der Waals surface area contributed by atoms with Crippen LogP contribution in [-0.2, 0) is 20.8 Å². The number of nitrogens with two attached hydrogens (primary N) is 1. The summed E-state index contributed by atoms with van der Waals surface area (Å²) in [5.74, 6) is -2.22. The van der Waals surface area contributed by atoms with Gasteiger partial charge in [0.05, 0.1) is 11.3 Å². The number of nitrogens with one attached hydrogen (secondary N) is 1. The number of aliphatic carboxylic acids is 1. The number of carboxylic acids is 1. The van der Waals surface area contributed by atoms with E-state index in [2.05, 4.69) is 17.9 Å². The van der Waals surface area contributed by atoms with E-state index in [1.165, 1.54) is 12.1 Å². The largest absolute Gasteiger partial charge is 0.508 e. The summed E-state index contributed by atoms with van der Waals surface area (Å²) in [5.41, 5.74) is 6.58. The molecule has 1 aromatic carbocycles. The normalized spacial score (nSPS) is 15.6. The fraction of sp³-hybridized carbons (Fsp3) is 0.526. The van der Waals surface area contributed by atoms with Crippen LogP contribution in [0.4, 0.5) is 0 Å². The lowest BCUT2D eigenvalue weighted by Crippen LogP contribution is -2.51. The van der Waals surface area contributed by atoms with E-state index >= 15 is 0 Å². The summed E-state index contributed by atoms with van der Waals surface area (Å²) >= 11 is 4.27. The number of amides is 1. The minimum atomic E-state index is -1.19. The summed E-state index contributed by atoms with van der Waals surface area (Å²) in [6.07, 6.45) is 0.143. The average molecular weight is 397 g/mol. The third-order valence-electron chi connectivity index (χ3n) is 4.39. The van der Waals surface area contributed by atoms with Gasteiger partial charge in [0, 0.05) is 12.8 Å². The Kier molecular flexibility index (Phi) is 8.78. The zero-order valence-electron chi connectivity index (χ0n) is 15.8. The molecule has 0 radical (unpaired) electrons. The van der Waals surface area contributed by atoms with Crippen molar-refractivity contribution in [3.05, 3.63) is 29.8 Å². The minimum Gasteiger partial charge on any atom is -0.508 e. The molecule has 1 amide bonds. The van der Waals surface area contributed by atoms with Crippen LogP contribution in [0.5, 0.6) is 5.75 Å². The number of hydrogen-bond donors (Lipinski definition) is 5. The number of rotatable bonds is 10. The van der Waals surface area contributed by atoms with Gasteiger partial charge in [-0.3, -0.25) is 9.59 Å².